The molecule has 1 aromatic rings. The third-order valence-electron chi connectivity index (χ3n) is 5.09. The lowest BCUT2D eigenvalue weighted by Crippen LogP contribution is -2.55. The van der Waals surface area contributed by atoms with Crippen LogP contribution in [-0.2, 0) is 33.1 Å². The molecule has 0 aliphatic heterocycles. The monoisotopic (exact) mass is 398 g/mol. The van der Waals surface area contributed by atoms with E-state index in [9.17, 15) is 23.8 Å². The predicted molar refractivity (Wildman–Crippen MR) is 110 cm³/mol. The van der Waals surface area contributed by atoms with Crippen molar-refractivity contribution < 1.29 is 23.8 Å². The number of benzene rings is 1. The van der Waals surface area contributed by atoms with Crippen LogP contribution in [0, 0.1) is 5.41 Å². The summed E-state index contributed by atoms with van der Waals surface area (Å²) in [5.74, 6) is -1.11. The van der Waals surface area contributed by atoms with Crippen molar-refractivity contribution in [3.63, 3.8) is 0 Å². The molecular formula is C21H34O5S. The summed E-state index contributed by atoms with van der Waals surface area (Å²) < 4.78 is 20.3. The Bertz CT molecular complexity index is 696. The molecule has 0 heterocycles. The molecule has 1 aromatic carbocycles. The standard InChI is InChI=1S/C21H34O5S/c1-18(2,3)14-10-13(11-15(16(14)22)19(4,5)6)12-21(17(23)24,27(25)26)20(7,8)9/h10-11,22H,12H2,1-9H3,(H,23,24)(H,25,26). The Balaban J connectivity index is 3.81. The first-order valence-corrected chi connectivity index (χ1v) is 10.2. The summed E-state index contributed by atoms with van der Waals surface area (Å²) in [4.78, 5) is 12.1. The Morgan fingerprint density at radius 3 is 1.52 bits per heavy atom. The number of carboxylic acid groups (broad SMARTS) is 1. The van der Waals surface area contributed by atoms with Crippen LogP contribution >= 0.6 is 0 Å². The van der Waals surface area contributed by atoms with E-state index in [0.29, 0.717) is 16.7 Å². The smallest absolute Gasteiger partial charge is 0.325 e. The van der Waals surface area contributed by atoms with Gasteiger partial charge >= 0.3 is 5.97 Å². The van der Waals surface area contributed by atoms with Gasteiger partial charge in [-0.15, -0.1) is 0 Å². The van der Waals surface area contributed by atoms with Crippen molar-refractivity contribution in [1.29, 1.82) is 0 Å². The van der Waals surface area contributed by atoms with Gasteiger partial charge in [0.15, 0.2) is 15.8 Å². The number of phenolic OH excluding ortho intramolecular Hbond substituents is 1. The topological polar surface area (TPSA) is 94.8 Å². The third-order valence-corrected chi connectivity index (χ3v) is 6.62. The SMILES string of the molecule is CC(C)(C)c1cc(CC(C(=O)O)(S(=O)O)C(C)(C)C)cc(C(C)(C)C)c1O. The summed E-state index contributed by atoms with van der Waals surface area (Å²) in [5.41, 5.74) is 0.323. The summed E-state index contributed by atoms with van der Waals surface area (Å²) >= 11 is -2.58. The highest BCUT2D eigenvalue weighted by molar-refractivity contribution is 7.81. The van der Waals surface area contributed by atoms with Gasteiger partial charge in [0.05, 0.1) is 0 Å². The maximum absolute atomic E-state index is 12.2. The molecular weight excluding hydrogens is 364 g/mol. The zero-order valence-corrected chi connectivity index (χ0v) is 18.7. The second-order valence-electron chi connectivity index (χ2n) is 10.3. The quantitative estimate of drug-likeness (QED) is 0.643. The molecule has 3 N–H and O–H groups in total. The molecule has 0 radical (unpaired) electrons. The van der Waals surface area contributed by atoms with Gasteiger partial charge in [-0.1, -0.05) is 74.4 Å². The van der Waals surface area contributed by atoms with Crippen molar-refractivity contribution >= 4 is 17.0 Å². The Kier molecular flexibility index (Phi) is 6.31. The molecule has 0 saturated carbocycles. The minimum Gasteiger partial charge on any atom is -0.507 e. The van der Waals surface area contributed by atoms with Crippen LogP contribution < -0.4 is 0 Å². The van der Waals surface area contributed by atoms with E-state index in [1.165, 1.54) is 0 Å². The van der Waals surface area contributed by atoms with Crippen molar-refractivity contribution in [1.82, 2.24) is 0 Å². The molecule has 0 spiro atoms. The molecule has 5 nitrogen and oxygen atoms in total. The van der Waals surface area contributed by atoms with Gasteiger partial charge in [0.1, 0.15) is 5.75 Å². The molecule has 0 aromatic heterocycles. The van der Waals surface area contributed by atoms with Gasteiger partial charge in [-0.25, -0.2) is 4.21 Å². The zero-order chi connectivity index (χ0) is 21.6. The first kappa shape index (κ1) is 23.6. The first-order valence-electron chi connectivity index (χ1n) is 9.07. The summed E-state index contributed by atoms with van der Waals surface area (Å²) in [6, 6.07) is 3.53. The van der Waals surface area contributed by atoms with Gasteiger partial charge in [-0.3, -0.25) is 4.79 Å². The minimum atomic E-state index is -2.58. The van der Waals surface area contributed by atoms with E-state index < -0.39 is 27.2 Å². The molecule has 0 amide bonds. The second-order valence-corrected chi connectivity index (χ2v) is 11.5. The normalized spacial score (nSPS) is 16.7. The molecule has 6 heteroatoms. The predicted octanol–water partition coefficient (Wildman–Crippen LogP) is 4.62. The number of hydrogen-bond donors (Lipinski definition) is 3. The van der Waals surface area contributed by atoms with Crippen LogP contribution in [0.1, 0.15) is 79.0 Å². The van der Waals surface area contributed by atoms with Gasteiger partial charge in [0.2, 0.25) is 0 Å². The number of aliphatic carboxylic acids is 1. The van der Waals surface area contributed by atoms with E-state index in [0.717, 1.165) is 0 Å². The number of carboxylic acids is 1. The number of rotatable bonds is 4. The average molecular weight is 399 g/mol. The maximum atomic E-state index is 12.2. The Hall–Kier alpha value is -1.40. The molecule has 0 saturated heterocycles. The van der Waals surface area contributed by atoms with Crippen molar-refractivity contribution in [2.24, 2.45) is 5.41 Å². The Labute approximate surface area is 165 Å². The largest absolute Gasteiger partial charge is 0.507 e. The lowest BCUT2D eigenvalue weighted by atomic mass is 9.73. The van der Waals surface area contributed by atoms with E-state index >= 15 is 0 Å². The van der Waals surface area contributed by atoms with Crippen molar-refractivity contribution in [2.75, 3.05) is 0 Å². The van der Waals surface area contributed by atoms with E-state index in [2.05, 4.69) is 0 Å². The highest BCUT2D eigenvalue weighted by Crippen LogP contribution is 2.43. The van der Waals surface area contributed by atoms with E-state index in [1.54, 1.807) is 32.9 Å². The molecule has 2 atom stereocenters. The highest BCUT2D eigenvalue weighted by Gasteiger charge is 2.54. The van der Waals surface area contributed by atoms with Gasteiger partial charge in [0.25, 0.3) is 0 Å². The number of hydrogen-bond acceptors (Lipinski definition) is 3. The van der Waals surface area contributed by atoms with Crippen molar-refractivity contribution in [3.8, 4) is 5.75 Å². The van der Waals surface area contributed by atoms with Crippen LogP contribution in [0.3, 0.4) is 0 Å². The fourth-order valence-electron chi connectivity index (χ4n) is 3.29. The summed E-state index contributed by atoms with van der Waals surface area (Å²) in [6.07, 6.45) is -0.110. The fourth-order valence-corrected chi connectivity index (χ4v) is 4.25. The minimum absolute atomic E-state index is 0.110. The van der Waals surface area contributed by atoms with Gasteiger partial charge in [-0.2, -0.15) is 0 Å². The maximum Gasteiger partial charge on any atom is 0.325 e. The Morgan fingerprint density at radius 1 is 0.926 bits per heavy atom. The van der Waals surface area contributed by atoms with Crippen LogP contribution in [-0.4, -0.2) is 29.7 Å². The fraction of sp³-hybridized carbons (Fsp3) is 0.667. The number of phenols is 1. The van der Waals surface area contributed by atoms with E-state index in [1.807, 2.05) is 41.5 Å². The molecule has 27 heavy (non-hydrogen) atoms. The van der Waals surface area contributed by atoms with Crippen molar-refractivity contribution in [3.05, 3.63) is 28.8 Å². The lowest BCUT2D eigenvalue weighted by Gasteiger charge is -2.38. The van der Waals surface area contributed by atoms with Crippen molar-refractivity contribution in [2.45, 2.75) is 84.3 Å². The molecule has 0 bridgehead atoms. The van der Waals surface area contributed by atoms with Crippen LogP contribution in [0.4, 0.5) is 0 Å². The number of carbonyl (C=O) groups is 1. The van der Waals surface area contributed by atoms with Gasteiger partial charge in [-0.05, 0) is 32.9 Å². The molecule has 2 unspecified atom stereocenters. The summed E-state index contributed by atoms with van der Waals surface area (Å²) in [5, 5.41) is 20.7. The van der Waals surface area contributed by atoms with E-state index in [4.69, 9.17) is 0 Å². The molecule has 154 valence electrons. The van der Waals surface area contributed by atoms with Crippen LogP contribution in [0.2, 0.25) is 0 Å². The first-order chi connectivity index (χ1) is 11.9. The zero-order valence-electron chi connectivity index (χ0n) is 17.9. The van der Waals surface area contributed by atoms with E-state index in [-0.39, 0.29) is 23.0 Å². The van der Waals surface area contributed by atoms with Crippen LogP contribution in [0.25, 0.3) is 0 Å². The summed E-state index contributed by atoms with van der Waals surface area (Å²) in [7, 11) is 0. The van der Waals surface area contributed by atoms with Crippen LogP contribution in [0.5, 0.6) is 5.75 Å². The molecule has 0 aliphatic carbocycles. The second kappa shape index (κ2) is 7.21. The van der Waals surface area contributed by atoms with Gasteiger partial charge < -0.3 is 14.8 Å². The average Bonchev–Trinajstić information content (AvgIpc) is 2.41. The number of aromatic hydroxyl groups is 1. The van der Waals surface area contributed by atoms with Crippen LogP contribution in [0.15, 0.2) is 12.1 Å². The third kappa shape index (κ3) is 4.54. The Morgan fingerprint density at radius 2 is 1.30 bits per heavy atom. The molecule has 0 fully saturated rings. The van der Waals surface area contributed by atoms with Gasteiger partial charge in [0, 0.05) is 6.42 Å². The summed E-state index contributed by atoms with van der Waals surface area (Å²) in [6.45, 7) is 16.8. The highest BCUT2D eigenvalue weighted by atomic mass is 32.2. The molecule has 0 aliphatic rings. The molecule has 1 rings (SSSR count). The lowest BCUT2D eigenvalue weighted by molar-refractivity contribution is -0.143.